The van der Waals surface area contributed by atoms with Gasteiger partial charge in [0.15, 0.2) is 11.5 Å². The van der Waals surface area contributed by atoms with Gasteiger partial charge in [0.1, 0.15) is 36.0 Å². The van der Waals surface area contributed by atoms with Crippen LogP contribution in [0.4, 0.5) is 10.5 Å². The van der Waals surface area contributed by atoms with Crippen molar-refractivity contribution in [1.82, 2.24) is 45.4 Å². The number of hydrogen-bond donors (Lipinski definition) is 4. The van der Waals surface area contributed by atoms with E-state index in [1.807, 2.05) is 57.2 Å². The lowest BCUT2D eigenvalue weighted by atomic mass is 9.89. The van der Waals surface area contributed by atoms with Crippen LogP contribution in [0.1, 0.15) is 93.7 Å². The number of Topliss-reactive ketones (excluding diaryl/α,β-unsaturated/α-hetero) is 1. The summed E-state index contributed by atoms with van der Waals surface area (Å²) in [6.07, 6.45) is 5.77. The maximum atomic E-state index is 13.1. The number of carboxylic acids is 1. The molecule has 0 saturated carbocycles. The van der Waals surface area contributed by atoms with Crippen LogP contribution < -0.4 is 16.0 Å². The zero-order chi connectivity index (χ0) is 58.5. The first-order valence-electron chi connectivity index (χ1n) is 25.8. The number of carboxylic acid groups (broad SMARTS) is 1. The summed E-state index contributed by atoms with van der Waals surface area (Å²) in [6.45, 7) is 9.65. The van der Waals surface area contributed by atoms with E-state index < -0.39 is 11.6 Å². The van der Waals surface area contributed by atoms with Crippen LogP contribution in [0.2, 0.25) is 30.1 Å². The Hall–Kier alpha value is -6.83. The Morgan fingerprint density at radius 1 is 0.627 bits per heavy atom. The van der Waals surface area contributed by atoms with E-state index in [0.29, 0.717) is 71.6 Å². The van der Waals surface area contributed by atoms with E-state index >= 15 is 0 Å². The molecule has 2 atom stereocenters. The van der Waals surface area contributed by atoms with Crippen LogP contribution in [0.25, 0.3) is 33.8 Å². The van der Waals surface area contributed by atoms with Crippen LogP contribution in [0.15, 0.2) is 140 Å². The lowest BCUT2D eigenvalue weighted by molar-refractivity contribution is 0.0198. The summed E-state index contributed by atoms with van der Waals surface area (Å²) >= 11 is 35.9. The van der Waals surface area contributed by atoms with Crippen molar-refractivity contribution < 1.29 is 29.0 Å². The van der Waals surface area contributed by atoms with Crippen molar-refractivity contribution in [2.45, 2.75) is 57.6 Å². The molecule has 4 N–H and O–H groups in total. The Labute approximate surface area is 516 Å². The van der Waals surface area contributed by atoms with Gasteiger partial charge in [-0.1, -0.05) is 124 Å². The average molecular weight is 1260 g/mol. The van der Waals surface area contributed by atoms with E-state index in [9.17, 15) is 19.2 Å². The summed E-state index contributed by atoms with van der Waals surface area (Å²) in [4.78, 5) is 75.4. The number of nitrogens with one attached hydrogen (secondary N) is 3. The van der Waals surface area contributed by atoms with Crippen molar-refractivity contribution in [2.24, 2.45) is 0 Å². The molecule has 5 heterocycles. The molecule has 3 aromatic heterocycles. The van der Waals surface area contributed by atoms with Gasteiger partial charge in [-0.05, 0) is 117 Å². The molecule has 2 aliphatic heterocycles. The molecule has 2 amide bonds. The molecule has 5 aromatic carbocycles. The fourth-order valence-electron chi connectivity index (χ4n) is 8.80. The molecule has 83 heavy (non-hydrogen) atoms. The topological polar surface area (TPSA) is 214 Å². The normalized spacial score (nSPS) is 14.8. The molecule has 430 valence electrons. The number of nitrogens with zero attached hydrogens (tertiary/aromatic N) is 7. The highest BCUT2D eigenvalue weighted by molar-refractivity contribution is 6.43. The van der Waals surface area contributed by atoms with Gasteiger partial charge in [-0.15, -0.1) is 12.4 Å². The Balaban J connectivity index is 0.000000189. The Kier molecular flexibility index (Phi) is 22.7. The molecule has 8 aromatic rings. The Morgan fingerprint density at radius 3 is 1.70 bits per heavy atom. The molecule has 23 heteroatoms. The third kappa shape index (κ3) is 18.1. The molecule has 16 nitrogen and oxygen atoms in total. The number of ketones is 1. The van der Waals surface area contributed by atoms with Gasteiger partial charge in [0.25, 0.3) is 5.91 Å². The summed E-state index contributed by atoms with van der Waals surface area (Å²) in [6, 6.07) is 36.1. The largest absolute Gasteiger partial charge is 0.477 e. The van der Waals surface area contributed by atoms with E-state index in [2.05, 4.69) is 58.0 Å². The van der Waals surface area contributed by atoms with E-state index in [4.69, 9.17) is 79.4 Å². The summed E-state index contributed by atoms with van der Waals surface area (Å²) in [5, 5.41) is 21.1. The number of piperidine rings is 1. The molecule has 0 spiro atoms. The first-order valence-corrected chi connectivity index (χ1v) is 28.0. The van der Waals surface area contributed by atoms with Crippen molar-refractivity contribution in [2.75, 3.05) is 38.0 Å². The lowest BCUT2D eigenvalue weighted by Crippen LogP contribution is -2.42. The summed E-state index contributed by atoms with van der Waals surface area (Å²) in [7, 11) is 0. The van der Waals surface area contributed by atoms with Crippen LogP contribution in [-0.4, -0.2) is 102 Å². The lowest BCUT2D eigenvalue weighted by Gasteiger charge is -2.34. The highest BCUT2D eigenvalue weighted by Crippen LogP contribution is 2.32. The van der Waals surface area contributed by atoms with Crippen molar-refractivity contribution in [3.8, 4) is 33.8 Å². The standard InChI is InChI=1S/C28H29Cl2N3O3.C21H19Cl2N5O.C11H6Cl2N2O2.ClH/c1-28(2,3)36-27(35)33-11-5-8-21(16-33)19-7-4-6-18(12-19)13-26(34)25-15-24(31-17-32-25)20-9-10-22(29)23(30)14-20;22-16-5-4-14(9-17(16)23)18-10-19(27-12-26-18)21(29)28-15-3-1-2-13(8-15)20-11-24-6-7-25-20;12-7-2-1-6(3-8(7)13)9-4-10(11(16)17)15-5-14-9;/h4,6-7,9-10,12,14-15,17,21H,5,8,11,13,16H2,1-3H3;1-5,8-10,12,20,24-25H,6-7,11H2,(H,28,29);1-5H,(H,16,17);1H. The van der Waals surface area contributed by atoms with Gasteiger partial charge in [0, 0.05) is 73.5 Å². The molecule has 2 aliphatic rings. The number of benzene rings is 5. The number of ether oxygens (including phenoxy) is 1. The third-order valence-electron chi connectivity index (χ3n) is 12.8. The second-order valence-electron chi connectivity index (χ2n) is 20.0. The smallest absolute Gasteiger partial charge is 0.410 e. The van der Waals surface area contributed by atoms with E-state index in [1.165, 1.54) is 25.0 Å². The van der Waals surface area contributed by atoms with Gasteiger partial charge in [0.05, 0.1) is 47.2 Å². The second kappa shape index (κ2) is 29.6. The summed E-state index contributed by atoms with van der Waals surface area (Å²) < 4.78 is 5.56. The van der Waals surface area contributed by atoms with E-state index in [1.54, 1.807) is 71.6 Å². The number of likely N-dealkylation sites (tertiary alicyclic amines) is 1. The molecular formula is C60H55Cl7N10O6. The molecule has 2 unspecified atom stereocenters. The van der Waals surface area contributed by atoms with Gasteiger partial charge in [-0.2, -0.15) is 0 Å². The molecule has 0 bridgehead atoms. The minimum Gasteiger partial charge on any atom is -0.477 e. The average Bonchev–Trinajstić information content (AvgIpc) is 3.59. The van der Waals surface area contributed by atoms with E-state index in [0.717, 1.165) is 66.0 Å². The Morgan fingerprint density at radius 2 is 1.16 bits per heavy atom. The van der Waals surface area contributed by atoms with Crippen LogP contribution in [0.5, 0.6) is 0 Å². The molecule has 0 radical (unpaired) electrons. The molecular weight excluding hydrogens is 1200 g/mol. The number of amides is 2. The van der Waals surface area contributed by atoms with Crippen molar-refractivity contribution in [1.29, 1.82) is 0 Å². The first kappa shape index (κ1) is 63.7. The SMILES string of the molecule is CC(C)(C)OC(=O)N1CCCC(c2cccc(CC(=O)c3cc(-c4ccc(Cl)c(Cl)c4)ncn3)c2)C1.Cl.O=C(Nc1cccc(C2CNCCN2)c1)c1cc(-c2ccc(Cl)c(Cl)c2)ncn1.O=C(O)c1cc(-c2ccc(Cl)c(Cl)c2)ncn1. The maximum Gasteiger partial charge on any atom is 0.410 e. The fraction of sp³-hybridized carbons (Fsp3) is 0.233. The predicted molar refractivity (Wildman–Crippen MR) is 329 cm³/mol. The zero-order valence-electron chi connectivity index (χ0n) is 44.9. The number of anilines is 1. The van der Waals surface area contributed by atoms with Gasteiger partial charge >= 0.3 is 12.1 Å². The van der Waals surface area contributed by atoms with Crippen molar-refractivity contribution in [3.05, 3.63) is 204 Å². The van der Waals surface area contributed by atoms with Crippen LogP contribution in [0.3, 0.4) is 0 Å². The predicted octanol–water partition coefficient (Wildman–Crippen LogP) is 14.5. The Bertz CT molecular complexity index is 3620. The minimum absolute atomic E-state index is 0. The number of piperazine rings is 1. The number of carbonyl (C=O) groups is 4. The van der Waals surface area contributed by atoms with Crippen LogP contribution >= 0.6 is 82.0 Å². The van der Waals surface area contributed by atoms with Gasteiger partial charge in [-0.25, -0.2) is 39.5 Å². The molecule has 10 rings (SSSR count). The molecule has 0 aliphatic carbocycles. The second-order valence-corrected chi connectivity index (χ2v) is 22.4. The fourth-order valence-corrected chi connectivity index (χ4v) is 9.69. The number of hydrogen-bond acceptors (Lipinski definition) is 13. The third-order valence-corrected chi connectivity index (χ3v) is 15.0. The first-order chi connectivity index (χ1) is 39.3. The van der Waals surface area contributed by atoms with Crippen molar-refractivity contribution in [3.63, 3.8) is 0 Å². The number of aromatic carboxylic acids is 1. The number of carbonyl (C=O) groups excluding carboxylic acids is 3. The maximum absolute atomic E-state index is 13.1. The summed E-state index contributed by atoms with van der Waals surface area (Å²) in [5.74, 6) is -1.31. The highest BCUT2D eigenvalue weighted by atomic mass is 35.5. The van der Waals surface area contributed by atoms with Crippen LogP contribution in [0, 0.1) is 0 Å². The minimum atomic E-state index is -1.10. The number of aromatic nitrogens is 6. The van der Waals surface area contributed by atoms with Gasteiger partial charge in [-0.3, -0.25) is 9.59 Å². The van der Waals surface area contributed by atoms with Gasteiger partial charge < -0.3 is 30.7 Å². The molecule has 2 saturated heterocycles. The highest BCUT2D eigenvalue weighted by Gasteiger charge is 2.29. The quantitative estimate of drug-likeness (QED) is 0.0887. The zero-order valence-corrected chi connectivity index (χ0v) is 50.2. The summed E-state index contributed by atoms with van der Waals surface area (Å²) in [5.41, 5.74) is 7.75. The van der Waals surface area contributed by atoms with Gasteiger partial charge in [0.2, 0.25) is 0 Å². The monoisotopic (exact) mass is 1260 g/mol. The van der Waals surface area contributed by atoms with E-state index in [-0.39, 0.29) is 60.0 Å². The van der Waals surface area contributed by atoms with Crippen molar-refractivity contribution >= 4 is 111 Å². The molecule has 2 fully saturated rings. The number of halogens is 7. The van der Waals surface area contributed by atoms with Crippen LogP contribution in [-0.2, 0) is 11.2 Å². The number of rotatable bonds is 11.